The molecule has 7 heteroatoms. The van der Waals surface area contributed by atoms with Gasteiger partial charge in [-0.2, -0.15) is 0 Å². The number of pyridine rings is 2. The number of hydrogen-bond acceptors (Lipinski definition) is 4. The molecule has 0 aromatic carbocycles. The summed E-state index contributed by atoms with van der Waals surface area (Å²) in [6, 6.07) is 4.11. The highest BCUT2D eigenvalue weighted by Gasteiger charge is 2.20. The zero-order valence-corrected chi connectivity index (χ0v) is 15.6. The first-order valence-corrected chi connectivity index (χ1v) is 9.33. The summed E-state index contributed by atoms with van der Waals surface area (Å²) in [6.07, 6.45) is 8.19. The molecule has 7 nitrogen and oxygen atoms in total. The zero-order chi connectivity index (χ0) is 19.0. The summed E-state index contributed by atoms with van der Waals surface area (Å²) in [5.74, 6) is -0.265. The summed E-state index contributed by atoms with van der Waals surface area (Å²) in [4.78, 5) is 36.3. The maximum atomic E-state index is 12.5. The smallest absolute Gasteiger partial charge is 0.253 e. The minimum Gasteiger partial charge on any atom is -0.348 e. The zero-order valence-electron chi connectivity index (χ0n) is 15.6. The number of imidazole rings is 1. The van der Waals surface area contributed by atoms with Crippen LogP contribution in [0.5, 0.6) is 0 Å². The third-order valence-electron chi connectivity index (χ3n) is 5.31. The van der Waals surface area contributed by atoms with Crippen LogP contribution >= 0.6 is 0 Å². The van der Waals surface area contributed by atoms with Crippen LogP contribution in [0.2, 0.25) is 0 Å². The van der Waals surface area contributed by atoms with E-state index < -0.39 is 0 Å². The fraction of sp³-hybridized carbons (Fsp3) is 0.400. The molecule has 2 N–H and O–H groups in total. The van der Waals surface area contributed by atoms with Crippen LogP contribution in [0.4, 0.5) is 0 Å². The molecule has 0 spiro atoms. The lowest BCUT2D eigenvalue weighted by Gasteiger charge is -2.11. The molecule has 0 atom stereocenters. The van der Waals surface area contributed by atoms with Gasteiger partial charge in [0.15, 0.2) is 5.65 Å². The van der Waals surface area contributed by atoms with E-state index in [4.69, 9.17) is 0 Å². The Balaban J connectivity index is 1.52. The maximum absolute atomic E-state index is 12.5. The number of amides is 1. The van der Waals surface area contributed by atoms with Crippen LogP contribution in [-0.2, 0) is 6.54 Å². The number of aryl methyl sites for hydroxylation is 2. The van der Waals surface area contributed by atoms with Gasteiger partial charge in [0.2, 0.25) is 0 Å². The molecule has 0 bridgehead atoms. The van der Waals surface area contributed by atoms with Crippen LogP contribution in [0, 0.1) is 13.8 Å². The van der Waals surface area contributed by atoms with E-state index in [1.54, 1.807) is 12.3 Å². The molecule has 0 radical (unpaired) electrons. The lowest BCUT2D eigenvalue weighted by atomic mass is 10.1. The molecule has 3 aromatic rings. The second kappa shape index (κ2) is 6.98. The number of H-pyrrole nitrogens is 1. The van der Waals surface area contributed by atoms with E-state index in [0.29, 0.717) is 17.2 Å². The predicted octanol–water partition coefficient (Wildman–Crippen LogP) is 2.78. The standard InChI is InChI=1S/C20H23N5O2/c1-12-7-13(2)24-20(27)16(12)10-22-19(26)14-8-17-18(21-9-14)25(11-23-17)15-5-3-4-6-15/h7-9,11,15H,3-6,10H2,1-2H3,(H,22,26)(H,24,27). The lowest BCUT2D eigenvalue weighted by molar-refractivity contribution is 0.0950. The van der Waals surface area contributed by atoms with E-state index in [1.807, 2.05) is 26.2 Å². The van der Waals surface area contributed by atoms with E-state index in [0.717, 1.165) is 35.3 Å². The van der Waals surface area contributed by atoms with Gasteiger partial charge >= 0.3 is 0 Å². The third kappa shape index (κ3) is 3.37. The Bertz CT molecular complexity index is 1060. The molecule has 1 amide bonds. The van der Waals surface area contributed by atoms with Crippen LogP contribution in [-0.4, -0.2) is 25.4 Å². The molecule has 1 aliphatic rings. The fourth-order valence-electron chi connectivity index (χ4n) is 3.86. The second-order valence-corrected chi connectivity index (χ2v) is 7.28. The molecule has 0 aliphatic heterocycles. The van der Waals surface area contributed by atoms with Gasteiger partial charge in [-0.3, -0.25) is 9.59 Å². The van der Waals surface area contributed by atoms with Gasteiger partial charge in [-0.05, 0) is 44.4 Å². The third-order valence-corrected chi connectivity index (χ3v) is 5.31. The van der Waals surface area contributed by atoms with Crippen LogP contribution < -0.4 is 10.9 Å². The summed E-state index contributed by atoms with van der Waals surface area (Å²) in [5, 5.41) is 2.81. The van der Waals surface area contributed by atoms with Crippen LogP contribution in [0.25, 0.3) is 11.2 Å². The molecular formula is C20H23N5O2. The first-order chi connectivity index (χ1) is 13.0. The summed E-state index contributed by atoms with van der Waals surface area (Å²) >= 11 is 0. The lowest BCUT2D eigenvalue weighted by Crippen LogP contribution is -2.28. The number of carbonyl (C=O) groups is 1. The molecule has 3 heterocycles. The van der Waals surface area contributed by atoms with Crippen molar-refractivity contribution in [2.45, 2.75) is 52.1 Å². The van der Waals surface area contributed by atoms with Crippen molar-refractivity contribution in [3.8, 4) is 0 Å². The molecule has 140 valence electrons. The van der Waals surface area contributed by atoms with Gasteiger partial charge in [0.1, 0.15) is 5.52 Å². The molecular weight excluding hydrogens is 342 g/mol. The maximum Gasteiger partial charge on any atom is 0.253 e. The van der Waals surface area contributed by atoms with Crippen molar-refractivity contribution < 1.29 is 4.79 Å². The fourth-order valence-corrected chi connectivity index (χ4v) is 3.86. The van der Waals surface area contributed by atoms with Gasteiger partial charge in [0.25, 0.3) is 11.5 Å². The number of rotatable bonds is 4. The number of hydrogen-bond donors (Lipinski definition) is 2. The van der Waals surface area contributed by atoms with Crippen LogP contribution in [0.1, 0.15) is 58.9 Å². The molecule has 0 unspecified atom stereocenters. The molecule has 1 saturated carbocycles. The molecule has 1 aliphatic carbocycles. The highest BCUT2D eigenvalue weighted by Crippen LogP contribution is 2.31. The van der Waals surface area contributed by atoms with E-state index in [2.05, 4.69) is 24.8 Å². The molecule has 27 heavy (non-hydrogen) atoms. The predicted molar refractivity (Wildman–Crippen MR) is 103 cm³/mol. The quantitative estimate of drug-likeness (QED) is 0.743. The van der Waals surface area contributed by atoms with Crippen LogP contribution in [0.15, 0.2) is 29.5 Å². The molecule has 1 fully saturated rings. The molecule has 4 rings (SSSR count). The normalized spacial score (nSPS) is 14.7. The number of aromatic amines is 1. The summed E-state index contributed by atoms with van der Waals surface area (Å²) in [5.41, 5.74) is 4.05. The van der Waals surface area contributed by atoms with E-state index in [1.165, 1.54) is 12.8 Å². The monoisotopic (exact) mass is 365 g/mol. The van der Waals surface area contributed by atoms with Gasteiger partial charge in [0.05, 0.1) is 11.9 Å². The van der Waals surface area contributed by atoms with E-state index in [9.17, 15) is 9.59 Å². The van der Waals surface area contributed by atoms with Crippen molar-refractivity contribution in [3.05, 3.63) is 57.4 Å². The van der Waals surface area contributed by atoms with E-state index >= 15 is 0 Å². The van der Waals surface area contributed by atoms with Gasteiger partial charge in [-0.1, -0.05) is 12.8 Å². The minimum absolute atomic E-state index is 0.170. The highest BCUT2D eigenvalue weighted by molar-refractivity contribution is 5.96. The summed E-state index contributed by atoms with van der Waals surface area (Å²) in [7, 11) is 0. The SMILES string of the molecule is Cc1cc(C)c(CNC(=O)c2cnc3c(c2)ncn3C2CCCC2)c(=O)[nH]1. The Hall–Kier alpha value is -2.96. The largest absolute Gasteiger partial charge is 0.348 e. The van der Waals surface area contributed by atoms with Crippen molar-refractivity contribution in [1.82, 2.24) is 24.8 Å². The molecule has 0 saturated heterocycles. The Morgan fingerprint density at radius 1 is 1.26 bits per heavy atom. The number of aromatic nitrogens is 4. The van der Waals surface area contributed by atoms with Gasteiger partial charge in [0, 0.05) is 30.0 Å². The summed E-state index contributed by atoms with van der Waals surface area (Å²) in [6.45, 7) is 3.88. The first kappa shape index (κ1) is 17.5. The second-order valence-electron chi connectivity index (χ2n) is 7.28. The van der Waals surface area contributed by atoms with Crippen molar-refractivity contribution >= 4 is 17.1 Å². The Kier molecular flexibility index (Phi) is 4.51. The average Bonchev–Trinajstić information content (AvgIpc) is 3.29. The Morgan fingerprint density at radius 2 is 2.04 bits per heavy atom. The first-order valence-electron chi connectivity index (χ1n) is 9.33. The number of nitrogens with zero attached hydrogens (tertiary/aromatic N) is 3. The average molecular weight is 365 g/mol. The number of fused-ring (bicyclic) bond motifs is 1. The van der Waals surface area contributed by atoms with Crippen molar-refractivity contribution in [1.29, 1.82) is 0 Å². The van der Waals surface area contributed by atoms with Crippen molar-refractivity contribution in [2.24, 2.45) is 0 Å². The molecule has 3 aromatic heterocycles. The number of carbonyl (C=O) groups excluding carboxylic acids is 1. The van der Waals surface area contributed by atoms with Gasteiger partial charge in [-0.25, -0.2) is 9.97 Å². The Labute approximate surface area is 156 Å². The minimum atomic E-state index is -0.265. The van der Waals surface area contributed by atoms with Gasteiger partial charge in [-0.15, -0.1) is 0 Å². The summed E-state index contributed by atoms with van der Waals surface area (Å²) < 4.78 is 2.12. The van der Waals surface area contributed by atoms with E-state index in [-0.39, 0.29) is 18.0 Å². The Morgan fingerprint density at radius 3 is 2.78 bits per heavy atom. The highest BCUT2D eigenvalue weighted by atomic mass is 16.1. The van der Waals surface area contributed by atoms with Crippen molar-refractivity contribution in [2.75, 3.05) is 0 Å². The van der Waals surface area contributed by atoms with Gasteiger partial charge < -0.3 is 14.9 Å². The van der Waals surface area contributed by atoms with Crippen LogP contribution in [0.3, 0.4) is 0 Å². The van der Waals surface area contributed by atoms with Crippen molar-refractivity contribution in [3.63, 3.8) is 0 Å². The number of nitrogens with one attached hydrogen (secondary N) is 2. The topological polar surface area (TPSA) is 92.7 Å².